The third-order valence-corrected chi connectivity index (χ3v) is 4.11. The smallest absolute Gasteiger partial charge is 0.269 e. The zero-order chi connectivity index (χ0) is 13.7. The van der Waals surface area contributed by atoms with Gasteiger partial charge in [-0.1, -0.05) is 18.2 Å². The number of nitro groups is 1. The van der Waals surface area contributed by atoms with Crippen LogP contribution in [0.4, 0.5) is 5.69 Å². The van der Waals surface area contributed by atoms with Gasteiger partial charge in [0.15, 0.2) is 0 Å². The van der Waals surface area contributed by atoms with Crippen molar-refractivity contribution in [3.8, 4) is 0 Å². The van der Waals surface area contributed by atoms with Gasteiger partial charge in [-0.25, -0.2) is 0 Å². The number of non-ortho nitro benzene ring substituents is 1. The molecule has 0 atom stereocenters. The maximum absolute atomic E-state index is 10.0. The molecule has 0 bridgehead atoms. The second-order valence-corrected chi connectivity index (χ2v) is 5.19. The lowest BCUT2D eigenvalue weighted by molar-refractivity contribution is -0.384. The van der Waals surface area contributed by atoms with Crippen molar-refractivity contribution in [3.63, 3.8) is 0 Å². The predicted molar refractivity (Wildman–Crippen MR) is 73.8 cm³/mol. The van der Waals surface area contributed by atoms with Gasteiger partial charge in [-0.3, -0.25) is 20.7 Å². The van der Waals surface area contributed by atoms with E-state index in [2.05, 4.69) is 4.90 Å². The normalized spacial score (nSPS) is 20.5. The molecule has 103 valence electrons. The van der Waals surface area contributed by atoms with Gasteiger partial charge in [0.2, 0.25) is 0 Å². The minimum absolute atomic E-state index is 0.137. The Labute approximate surface area is 113 Å². The number of para-hydroxylation sites is 1. The number of hydrogen-bond donors (Lipinski definition) is 0. The summed E-state index contributed by atoms with van der Waals surface area (Å²) in [6.45, 7) is 3.16. The van der Waals surface area contributed by atoms with E-state index in [0.29, 0.717) is 12.1 Å². The standard InChI is InChI=1S/C8H15N2.C6H5NO2/c9-7-8-3-1-5-10(8)6-2-4-8;8-7(9)6-4-2-1-3-5-6/h9H,1-7H2;1-5H. The van der Waals surface area contributed by atoms with Crippen LogP contribution >= 0.6 is 0 Å². The van der Waals surface area contributed by atoms with Crippen molar-refractivity contribution in [3.05, 3.63) is 40.4 Å². The number of fused-ring (bicyclic) bond motifs is 1. The van der Waals surface area contributed by atoms with Gasteiger partial charge in [-0.05, 0) is 38.8 Å². The van der Waals surface area contributed by atoms with E-state index in [4.69, 9.17) is 5.73 Å². The van der Waals surface area contributed by atoms with E-state index in [1.165, 1.54) is 50.9 Å². The zero-order valence-corrected chi connectivity index (χ0v) is 11.0. The minimum atomic E-state index is -0.417. The average Bonchev–Trinajstić information content (AvgIpc) is 3.00. The maximum atomic E-state index is 10.0. The molecule has 0 aromatic heterocycles. The molecule has 19 heavy (non-hydrogen) atoms. The molecule has 2 aliphatic rings. The van der Waals surface area contributed by atoms with Crippen molar-refractivity contribution in [1.82, 2.24) is 10.6 Å². The first-order valence-electron chi connectivity index (χ1n) is 6.77. The number of benzene rings is 1. The molecule has 5 heteroatoms. The van der Waals surface area contributed by atoms with Gasteiger partial charge in [0.1, 0.15) is 0 Å². The van der Waals surface area contributed by atoms with Gasteiger partial charge in [0.25, 0.3) is 5.69 Å². The van der Waals surface area contributed by atoms with E-state index in [1.807, 2.05) is 0 Å². The van der Waals surface area contributed by atoms with Crippen LogP contribution < -0.4 is 5.73 Å². The van der Waals surface area contributed by atoms with Crippen molar-refractivity contribution >= 4 is 5.69 Å². The highest BCUT2D eigenvalue weighted by molar-refractivity contribution is 5.27. The van der Waals surface area contributed by atoms with E-state index >= 15 is 0 Å². The summed E-state index contributed by atoms with van der Waals surface area (Å²) in [5, 5.41) is 10.0. The predicted octanol–water partition coefficient (Wildman–Crippen LogP) is 2.49. The summed E-state index contributed by atoms with van der Waals surface area (Å²) >= 11 is 0. The van der Waals surface area contributed by atoms with E-state index in [1.54, 1.807) is 18.2 Å². The Hall–Kier alpha value is -1.46. The summed E-state index contributed by atoms with van der Waals surface area (Å²) in [6, 6.07) is 7.93. The highest BCUT2D eigenvalue weighted by Gasteiger charge is 2.42. The van der Waals surface area contributed by atoms with Gasteiger partial charge in [-0.15, -0.1) is 0 Å². The summed E-state index contributed by atoms with van der Waals surface area (Å²) in [5.41, 5.74) is 7.96. The van der Waals surface area contributed by atoms with Gasteiger partial charge in [-0.2, -0.15) is 0 Å². The van der Waals surface area contributed by atoms with Gasteiger partial charge in [0, 0.05) is 24.2 Å². The molecule has 0 amide bonds. The molecule has 2 heterocycles. The largest absolute Gasteiger partial charge is 0.296 e. The molecular weight excluding hydrogens is 242 g/mol. The molecule has 2 saturated heterocycles. The molecule has 0 spiro atoms. The topological polar surface area (TPSA) is 70.2 Å². The highest BCUT2D eigenvalue weighted by Crippen LogP contribution is 2.37. The lowest BCUT2D eigenvalue weighted by Gasteiger charge is -2.29. The highest BCUT2D eigenvalue weighted by atomic mass is 16.6. The molecule has 3 rings (SSSR count). The van der Waals surface area contributed by atoms with Crippen molar-refractivity contribution in [2.75, 3.05) is 19.6 Å². The molecule has 0 unspecified atom stereocenters. The van der Waals surface area contributed by atoms with Crippen molar-refractivity contribution in [2.45, 2.75) is 31.2 Å². The summed E-state index contributed by atoms with van der Waals surface area (Å²) in [7, 11) is 0. The summed E-state index contributed by atoms with van der Waals surface area (Å²) in [4.78, 5) is 12.1. The van der Waals surface area contributed by atoms with Crippen LogP contribution in [0.25, 0.3) is 0 Å². The van der Waals surface area contributed by atoms with Crippen LogP contribution in [0, 0.1) is 10.1 Å². The summed E-state index contributed by atoms with van der Waals surface area (Å²) < 4.78 is 0. The number of nitrogens with one attached hydrogen (secondary N) is 1. The molecule has 2 fully saturated rings. The monoisotopic (exact) mass is 262 g/mol. The Balaban J connectivity index is 0.000000141. The van der Waals surface area contributed by atoms with E-state index in [9.17, 15) is 10.1 Å². The fraction of sp³-hybridized carbons (Fsp3) is 0.571. The minimum Gasteiger partial charge on any atom is -0.296 e. The first-order chi connectivity index (χ1) is 9.18. The first-order valence-corrected chi connectivity index (χ1v) is 6.77. The van der Waals surface area contributed by atoms with E-state index < -0.39 is 4.92 Å². The molecule has 2 aliphatic heterocycles. The van der Waals surface area contributed by atoms with Crippen molar-refractivity contribution in [1.29, 1.82) is 0 Å². The fourth-order valence-electron chi connectivity index (χ4n) is 3.06. The van der Waals surface area contributed by atoms with E-state index in [0.717, 1.165) is 0 Å². The van der Waals surface area contributed by atoms with Crippen LogP contribution in [-0.2, 0) is 0 Å². The molecular formula is C14H20N3O2. The second kappa shape index (κ2) is 6.12. The van der Waals surface area contributed by atoms with E-state index in [-0.39, 0.29) is 5.69 Å². The molecule has 0 aliphatic carbocycles. The molecule has 5 nitrogen and oxygen atoms in total. The second-order valence-electron chi connectivity index (χ2n) is 5.19. The Morgan fingerprint density at radius 3 is 2.16 bits per heavy atom. The van der Waals surface area contributed by atoms with Crippen LogP contribution in [0.5, 0.6) is 0 Å². The molecule has 1 radical (unpaired) electrons. The Kier molecular flexibility index (Phi) is 4.50. The third-order valence-electron chi connectivity index (χ3n) is 4.11. The summed E-state index contributed by atoms with van der Waals surface area (Å²) in [6.07, 6.45) is 5.24. The zero-order valence-electron chi connectivity index (χ0n) is 11.0. The first kappa shape index (κ1) is 14.0. The quantitative estimate of drug-likeness (QED) is 0.607. The summed E-state index contributed by atoms with van der Waals surface area (Å²) in [5.74, 6) is 0. The lowest BCUT2D eigenvalue weighted by atomic mass is 9.95. The number of hydrogen-bond acceptors (Lipinski definition) is 3. The van der Waals surface area contributed by atoms with Gasteiger partial charge in [0.05, 0.1) is 4.92 Å². The number of nitrogens with zero attached hydrogens (tertiary/aromatic N) is 2. The van der Waals surface area contributed by atoms with Crippen LogP contribution in [0.2, 0.25) is 0 Å². The Bertz CT molecular complexity index is 412. The average molecular weight is 262 g/mol. The molecule has 1 aromatic carbocycles. The van der Waals surface area contributed by atoms with Crippen LogP contribution in [0.3, 0.4) is 0 Å². The molecule has 1 aromatic rings. The fourth-order valence-corrected chi connectivity index (χ4v) is 3.06. The molecule has 0 saturated carbocycles. The lowest BCUT2D eigenvalue weighted by Crippen LogP contribution is -2.41. The molecule has 1 N–H and O–H groups in total. The maximum Gasteiger partial charge on any atom is 0.269 e. The van der Waals surface area contributed by atoms with Gasteiger partial charge < -0.3 is 0 Å². The van der Waals surface area contributed by atoms with Crippen LogP contribution in [-0.4, -0.2) is 35.0 Å². The number of rotatable bonds is 2. The van der Waals surface area contributed by atoms with Gasteiger partial charge >= 0.3 is 0 Å². The van der Waals surface area contributed by atoms with Crippen LogP contribution in [0.15, 0.2) is 30.3 Å². The van der Waals surface area contributed by atoms with Crippen LogP contribution in [0.1, 0.15) is 25.7 Å². The third kappa shape index (κ3) is 3.11. The Morgan fingerprint density at radius 1 is 1.21 bits per heavy atom. The van der Waals surface area contributed by atoms with Crippen molar-refractivity contribution in [2.24, 2.45) is 0 Å². The number of nitro benzene ring substituents is 1. The SMILES string of the molecule is O=[N+]([O-])c1ccccc1.[NH]CC12CCCN1CCC2. The van der Waals surface area contributed by atoms with Crippen molar-refractivity contribution < 1.29 is 4.92 Å². The Morgan fingerprint density at radius 2 is 1.79 bits per heavy atom.